The number of rotatable bonds is 2. The maximum Gasteiger partial charge on any atom is 0.162 e. The quantitative estimate of drug-likeness (QED) is 0.800. The summed E-state index contributed by atoms with van der Waals surface area (Å²) in [7, 11) is 0. The molecule has 0 amide bonds. The van der Waals surface area contributed by atoms with Crippen LogP contribution in [-0.2, 0) is 6.54 Å². The number of hydroxylamine groups is 1. The van der Waals surface area contributed by atoms with Gasteiger partial charge in [-0.05, 0) is 11.6 Å². The Kier molecular flexibility index (Phi) is 3.47. The van der Waals surface area contributed by atoms with E-state index < -0.39 is 0 Å². The predicted molar refractivity (Wildman–Crippen MR) is 64.8 cm³/mol. The smallest absolute Gasteiger partial charge is 0.162 e. The van der Waals surface area contributed by atoms with Gasteiger partial charge in [0, 0.05) is 23.0 Å². The minimum absolute atomic E-state index is 0.0269. The van der Waals surface area contributed by atoms with Crippen LogP contribution in [-0.4, -0.2) is 18.4 Å². The average Bonchev–Trinajstić information content (AvgIpc) is 2.40. The van der Waals surface area contributed by atoms with Gasteiger partial charge >= 0.3 is 0 Å². The number of halogens is 1. The van der Waals surface area contributed by atoms with Gasteiger partial charge in [0.05, 0.1) is 13.2 Å². The Morgan fingerprint density at radius 3 is 2.47 bits per heavy atom. The third-order valence-corrected chi connectivity index (χ3v) is 2.97. The molecule has 2 rings (SSSR count). The van der Waals surface area contributed by atoms with E-state index in [1.54, 1.807) is 12.1 Å². The van der Waals surface area contributed by atoms with Crippen molar-refractivity contribution in [2.24, 2.45) is 5.41 Å². The van der Waals surface area contributed by atoms with Crippen molar-refractivity contribution in [3.63, 3.8) is 0 Å². The van der Waals surface area contributed by atoms with E-state index in [0.717, 1.165) is 5.56 Å². The zero-order valence-electron chi connectivity index (χ0n) is 9.92. The van der Waals surface area contributed by atoms with Crippen LogP contribution in [0.2, 0.25) is 5.02 Å². The molecule has 1 aliphatic rings. The van der Waals surface area contributed by atoms with Crippen molar-refractivity contribution in [3.05, 3.63) is 22.7 Å². The van der Waals surface area contributed by atoms with Gasteiger partial charge in [0.1, 0.15) is 0 Å². The number of hydrogen-bond acceptors (Lipinski definition) is 4. The van der Waals surface area contributed by atoms with E-state index in [2.05, 4.69) is 19.3 Å². The largest absolute Gasteiger partial charge is 0.489 e. The van der Waals surface area contributed by atoms with Gasteiger partial charge < -0.3 is 14.7 Å². The topological polar surface area (TPSA) is 50.7 Å². The van der Waals surface area contributed by atoms with Crippen LogP contribution in [0.3, 0.4) is 0 Å². The highest BCUT2D eigenvalue weighted by molar-refractivity contribution is 6.31. The first-order valence-electron chi connectivity index (χ1n) is 5.47. The summed E-state index contributed by atoms with van der Waals surface area (Å²) in [5.41, 5.74) is 2.83. The predicted octanol–water partition coefficient (Wildman–Crippen LogP) is 2.62. The lowest BCUT2D eigenvalue weighted by Gasteiger charge is -2.19. The summed E-state index contributed by atoms with van der Waals surface area (Å²) in [4.78, 5) is 0. The van der Waals surface area contributed by atoms with E-state index in [9.17, 15) is 0 Å². The van der Waals surface area contributed by atoms with Crippen LogP contribution in [0.4, 0.5) is 0 Å². The molecular weight excluding hydrogens is 242 g/mol. The number of fused-ring (bicyclic) bond motifs is 1. The molecule has 0 atom stereocenters. The van der Waals surface area contributed by atoms with Crippen LogP contribution in [0.5, 0.6) is 11.5 Å². The summed E-state index contributed by atoms with van der Waals surface area (Å²) in [6.45, 7) is 5.62. The molecule has 94 valence electrons. The molecule has 4 nitrogen and oxygen atoms in total. The molecule has 0 radical (unpaired) electrons. The standard InChI is InChI=1S/C12H16ClNO3/c1-12(2)6-16-10-3-8(5-14-15)9(13)4-11(10)17-7-12/h3-4,14-15H,5-7H2,1-2H3. The molecule has 0 bridgehead atoms. The Labute approximate surface area is 105 Å². The molecule has 0 aromatic heterocycles. The fourth-order valence-corrected chi connectivity index (χ4v) is 1.83. The first-order chi connectivity index (χ1) is 8.02. The summed E-state index contributed by atoms with van der Waals surface area (Å²) in [6, 6.07) is 3.52. The Morgan fingerprint density at radius 1 is 1.29 bits per heavy atom. The van der Waals surface area contributed by atoms with Crippen molar-refractivity contribution in [2.45, 2.75) is 20.4 Å². The summed E-state index contributed by atoms with van der Waals surface area (Å²) in [5.74, 6) is 1.33. The highest BCUT2D eigenvalue weighted by Gasteiger charge is 2.25. The zero-order valence-corrected chi connectivity index (χ0v) is 10.7. The molecule has 0 saturated carbocycles. The van der Waals surface area contributed by atoms with Gasteiger partial charge in [-0.15, -0.1) is 0 Å². The van der Waals surface area contributed by atoms with E-state index >= 15 is 0 Å². The van der Waals surface area contributed by atoms with Crippen molar-refractivity contribution < 1.29 is 14.7 Å². The molecule has 0 saturated heterocycles. The second-order valence-electron chi connectivity index (χ2n) is 4.97. The minimum Gasteiger partial charge on any atom is -0.489 e. The third kappa shape index (κ3) is 2.83. The second-order valence-corrected chi connectivity index (χ2v) is 5.37. The lowest BCUT2D eigenvalue weighted by molar-refractivity contribution is 0.140. The molecular formula is C12H16ClNO3. The van der Waals surface area contributed by atoms with E-state index in [-0.39, 0.29) is 12.0 Å². The van der Waals surface area contributed by atoms with E-state index in [4.69, 9.17) is 26.3 Å². The molecule has 0 spiro atoms. The normalized spacial score (nSPS) is 17.6. The SMILES string of the molecule is CC1(C)COc2cc(Cl)c(CNO)cc2OC1. The van der Waals surface area contributed by atoms with Crippen molar-refractivity contribution in [2.75, 3.05) is 13.2 Å². The summed E-state index contributed by atoms with van der Waals surface area (Å²) < 4.78 is 11.4. The first kappa shape index (κ1) is 12.5. The molecule has 0 unspecified atom stereocenters. The molecule has 2 N–H and O–H groups in total. The maximum atomic E-state index is 8.71. The minimum atomic E-state index is -0.0269. The zero-order chi connectivity index (χ0) is 12.5. The molecule has 1 aromatic carbocycles. The van der Waals surface area contributed by atoms with Crippen molar-refractivity contribution in [1.29, 1.82) is 0 Å². The molecule has 0 aliphatic carbocycles. The van der Waals surface area contributed by atoms with Gasteiger partial charge in [-0.25, -0.2) is 5.48 Å². The molecule has 0 fully saturated rings. The summed E-state index contributed by atoms with van der Waals surface area (Å²) in [5, 5.41) is 9.26. The number of nitrogens with one attached hydrogen (secondary N) is 1. The Bertz CT molecular complexity index is 420. The first-order valence-corrected chi connectivity index (χ1v) is 5.85. The van der Waals surface area contributed by atoms with Crippen LogP contribution < -0.4 is 15.0 Å². The van der Waals surface area contributed by atoms with Gasteiger partial charge in [0.2, 0.25) is 0 Å². The van der Waals surface area contributed by atoms with Gasteiger partial charge in [-0.3, -0.25) is 0 Å². The molecule has 1 heterocycles. The van der Waals surface area contributed by atoms with Crippen LogP contribution >= 0.6 is 11.6 Å². The van der Waals surface area contributed by atoms with Crippen LogP contribution in [0.25, 0.3) is 0 Å². The second kappa shape index (κ2) is 4.72. The maximum absolute atomic E-state index is 8.71. The molecule has 1 aromatic rings. The van der Waals surface area contributed by atoms with Crippen molar-refractivity contribution in [1.82, 2.24) is 5.48 Å². The van der Waals surface area contributed by atoms with Gasteiger partial charge in [0.25, 0.3) is 0 Å². The average molecular weight is 258 g/mol. The highest BCUT2D eigenvalue weighted by atomic mass is 35.5. The van der Waals surface area contributed by atoms with Gasteiger partial charge in [-0.2, -0.15) is 0 Å². The Balaban J connectivity index is 2.31. The summed E-state index contributed by atoms with van der Waals surface area (Å²) in [6.07, 6.45) is 0. The van der Waals surface area contributed by atoms with Gasteiger partial charge in [-0.1, -0.05) is 25.4 Å². The summed E-state index contributed by atoms with van der Waals surface area (Å²) >= 11 is 6.08. The van der Waals surface area contributed by atoms with Crippen molar-refractivity contribution in [3.8, 4) is 11.5 Å². The lowest BCUT2D eigenvalue weighted by atomic mass is 9.97. The van der Waals surface area contributed by atoms with E-state index in [0.29, 0.717) is 29.7 Å². The molecule has 17 heavy (non-hydrogen) atoms. The fourth-order valence-electron chi connectivity index (χ4n) is 1.61. The van der Waals surface area contributed by atoms with Crippen LogP contribution in [0.15, 0.2) is 12.1 Å². The monoisotopic (exact) mass is 257 g/mol. The number of hydrogen-bond donors (Lipinski definition) is 2. The van der Waals surface area contributed by atoms with Crippen LogP contribution in [0.1, 0.15) is 19.4 Å². The molecule has 1 aliphatic heterocycles. The fraction of sp³-hybridized carbons (Fsp3) is 0.500. The highest BCUT2D eigenvalue weighted by Crippen LogP contribution is 2.37. The Hall–Kier alpha value is -0.970. The van der Waals surface area contributed by atoms with Gasteiger partial charge in [0.15, 0.2) is 11.5 Å². The third-order valence-electron chi connectivity index (χ3n) is 2.62. The number of benzene rings is 1. The molecule has 5 heteroatoms. The van der Waals surface area contributed by atoms with Crippen molar-refractivity contribution >= 4 is 11.6 Å². The Morgan fingerprint density at radius 2 is 1.88 bits per heavy atom. The van der Waals surface area contributed by atoms with E-state index in [1.165, 1.54) is 0 Å². The van der Waals surface area contributed by atoms with Crippen LogP contribution in [0, 0.1) is 5.41 Å². The van der Waals surface area contributed by atoms with E-state index in [1.807, 2.05) is 0 Å². The number of ether oxygens (including phenoxy) is 2. The lowest BCUT2D eigenvalue weighted by Crippen LogP contribution is -2.26.